The van der Waals surface area contributed by atoms with Crippen molar-refractivity contribution >= 4 is 0 Å². The lowest BCUT2D eigenvalue weighted by atomic mass is 9.89. The Balaban J connectivity index is 2.28. The molecule has 2 heteroatoms. The fourth-order valence-electron chi connectivity index (χ4n) is 2.63. The number of rotatable bonds is 4. The average Bonchev–Trinajstić information content (AvgIpc) is 2.30. The van der Waals surface area contributed by atoms with Crippen molar-refractivity contribution in [2.45, 2.75) is 39.7 Å². The number of hydrogen-bond acceptors (Lipinski definition) is 2. The van der Waals surface area contributed by atoms with Crippen molar-refractivity contribution in [3.63, 3.8) is 0 Å². The van der Waals surface area contributed by atoms with Gasteiger partial charge in [0.05, 0.1) is 6.61 Å². The molecule has 1 aromatic rings. The smallest absolute Gasteiger partial charge is 0.122 e. The molecular formula is C15H23NO. The summed E-state index contributed by atoms with van der Waals surface area (Å²) in [6.45, 7) is 8.42. The summed E-state index contributed by atoms with van der Waals surface area (Å²) in [6, 6.07) is 6.96. The fourth-order valence-corrected chi connectivity index (χ4v) is 2.63. The van der Waals surface area contributed by atoms with Crippen LogP contribution in [0.4, 0.5) is 0 Å². The Morgan fingerprint density at radius 3 is 2.94 bits per heavy atom. The van der Waals surface area contributed by atoms with Crippen LogP contribution < -0.4 is 10.1 Å². The second kappa shape index (κ2) is 5.54. The van der Waals surface area contributed by atoms with Crippen molar-refractivity contribution in [1.29, 1.82) is 0 Å². The minimum absolute atomic E-state index is 0.499. The zero-order chi connectivity index (χ0) is 12.3. The van der Waals surface area contributed by atoms with E-state index < -0.39 is 0 Å². The number of nitrogens with one attached hydrogen (secondary N) is 1. The van der Waals surface area contributed by atoms with Gasteiger partial charge in [-0.1, -0.05) is 26.0 Å². The van der Waals surface area contributed by atoms with Crippen LogP contribution in [0.25, 0.3) is 0 Å². The third kappa shape index (κ3) is 2.81. The molecule has 2 rings (SSSR count). The van der Waals surface area contributed by atoms with Gasteiger partial charge in [0.25, 0.3) is 0 Å². The average molecular weight is 233 g/mol. The van der Waals surface area contributed by atoms with Gasteiger partial charge in [-0.3, -0.25) is 0 Å². The second-order valence-electron chi connectivity index (χ2n) is 5.14. The Morgan fingerprint density at radius 2 is 2.24 bits per heavy atom. The van der Waals surface area contributed by atoms with E-state index in [0.717, 1.165) is 25.3 Å². The molecule has 0 amide bonds. The standard InChI is InChI=1S/C15H23NO/c1-4-17-15-7-5-6-12-13(15)8-9-16-14(12)10-11(2)3/h5-7,11,14,16H,4,8-10H2,1-3H3. The highest BCUT2D eigenvalue weighted by molar-refractivity contribution is 5.43. The van der Waals surface area contributed by atoms with Crippen LogP contribution in [0.3, 0.4) is 0 Å². The molecule has 17 heavy (non-hydrogen) atoms. The molecule has 1 aliphatic heterocycles. The molecule has 1 aromatic carbocycles. The minimum Gasteiger partial charge on any atom is -0.494 e. The highest BCUT2D eigenvalue weighted by atomic mass is 16.5. The van der Waals surface area contributed by atoms with E-state index in [9.17, 15) is 0 Å². The van der Waals surface area contributed by atoms with Crippen LogP contribution in [0.15, 0.2) is 18.2 Å². The maximum absolute atomic E-state index is 5.73. The first kappa shape index (κ1) is 12.4. The van der Waals surface area contributed by atoms with Gasteiger partial charge in [-0.05, 0) is 43.9 Å². The van der Waals surface area contributed by atoms with Gasteiger partial charge < -0.3 is 10.1 Å². The Morgan fingerprint density at radius 1 is 1.41 bits per heavy atom. The molecule has 0 fully saturated rings. The predicted octanol–water partition coefficient (Wildman–Crippen LogP) is 3.32. The van der Waals surface area contributed by atoms with Gasteiger partial charge in [0.1, 0.15) is 5.75 Å². The van der Waals surface area contributed by atoms with Crippen molar-refractivity contribution in [2.24, 2.45) is 5.92 Å². The van der Waals surface area contributed by atoms with E-state index in [1.54, 1.807) is 0 Å². The Hall–Kier alpha value is -1.02. The quantitative estimate of drug-likeness (QED) is 0.861. The molecule has 0 saturated carbocycles. The summed E-state index contributed by atoms with van der Waals surface area (Å²) in [5.74, 6) is 1.80. The van der Waals surface area contributed by atoms with E-state index >= 15 is 0 Å². The maximum atomic E-state index is 5.73. The number of ether oxygens (including phenoxy) is 1. The Kier molecular flexibility index (Phi) is 4.06. The highest BCUT2D eigenvalue weighted by Gasteiger charge is 2.22. The second-order valence-corrected chi connectivity index (χ2v) is 5.14. The lowest BCUT2D eigenvalue weighted by molar-refractivity contribution is 0.330. The number of hydrogen-bond donors (Lipinski definition) is 1. The lowest BCUT2D eigenvalue weighted by Gasteiger charge is -2.29. The van der Waals surface area contributed by atoms with Crippen LogP contribution in [-0.4, -0.2) is 13.2 Å². The molecule has 0 saturated heterocycles. The molecule has 0 aliphatic carbocycles. The largest absolute Gasteiger partial charge is 0.494 e. The summed E-state index contributed by atoms with van der Waals surface area (Å²) >= 11 is 0. The Labute approximate surface area is 104 Å². The molecule has 0 spiro atoms. The van der Waals surface area contributed by atoms with E-state index in [1.165, 1.54) is 17.5 Å². The van der Waals surface area contributed by atoms with Gasteiger partial charge >= 0.3 is 0 Å². The van der Waals surface area contributed by atoms with Crippen molar-refractivity contribution in [3.05, 3.63) is 29.3 Å². The summed E-state index contributed by atoms with van der Waals surface area (Å²) < 4.78 is 5.73. The van der Waals surface area contributed by atoms with Gasteiger partial charge in [0.15, 0.2) is 0 Å². The van der Waals surface area contributed by atoms with E-state index in [4.69, 9.17) is 4.74 Å². The minimum atomic E-state index is 0.499. The van der Waals surface area contributed by atoms with Gasteiger partial charge in [0.2, 0.25) is 0 Å². The van der Waals surface area contributed by atoms with Crippen LogP contribution in [-0.2, 0) is 6.42 Å². The van der Waals surface area contributed by atoms with Crippen LogP contribution >= 0.6 is 0 Å². The van der Waals surface area contributed by atoms with Crippen LogP contribution in [0.5, 0.6) is 5.75 Å². The third-order valence-electron chi connectivity index (χ3n) is 3.32. The van der Waals surface area contributed by atoms with E-state index in [2.05, 4.69) is 37.4 Å². The van der Waals surface area contributed by atoms with Crippen LogP contribution in [0, 0.1) is 5.92 Å². The Bertz CT molecular complexity index is 373. The van der Waals surface area contributed by atoms with Crippen molar-refractivity contribution in [3.8, 4) is 5.75 Å². The first-order chi connectivity index (χ1) is 8.22. The van der Waals surface area contributed by atoms with E-state index in [-0.39, 0.29) is 0 Å². The summed E-state index contributed by atoms with van der Waals surface area (Å²) in [5.41, 5.74) is 2.86. The zero-order valence-corrected chi connectivity index (χ0v) is 11.1. The molecule has 0 aromatic heterocycles. The number of benzene rings is 1. The van der Waals surface area contributed by atoms with Crippen LogP contribution in [0.2, 0.25) is 0 Å². The van der Waals surface area contributed by atoms with Gasteiger partial charge in [-0.25, -0.2) is 0 Å². The summed E-state index contributed by atoms with van der Waals surface area (Å²) in [6.07, 6.45) is 2.28. The monoisotopic (exact) mass is 233 g/mol. The van der Waals surface area contributed by atoms with Gasteiger partial charge in [-0.15, -0.1) is 0 Å². The first-order valence-electron chi connectivity index (χ1n) is 6.70. The first-order valence-corrected chi connectivity index (χ1v) is 6.70. The van der Waals surface area contributed by atoms with Crippen molar-refractivity contribution in [1.82, 2.24) is 5.32 Å². The van der Waals surface area contributed by atoms with Gasteiger partial charge in [0, 0.05) is 11.6 Å². The fraction of sp³-hybridized carbons (Fsp3) is 0.600. The summed E-state index contributed by atoms with van der Waals surface area (Å²) in [7, 11) is 0. The molecule has 94 valence electrons. The number of fused-ring (bicyclic) bond motifs is 1. The van der Waals surface area contributed by atoms with Crippen molar-refractivity contribution < 1.29 is 4.74 Å². The van der Waals surface area contributed by atoms with Crippen LogP contribution in [0.1, 0.15) is 44.4 Å². The van der Waals surface area contributed by atoms with E-state index in [0.29, 0.717) is 12.0 Å². The molecule has 0 bridgehead atoms. The lowest BCUT2D eigenvalue weighted by Crippen LogP contribution is -2.31. The topological polar surface area (TPSA) is 21.3 Å². The molecule has 0 radical (unpaired) electrons. The molecule has 1 N–H and O–H groups in total. The third-order valence-corrected chi connectivity index (χ3v) is 3.32. The summed E-state index contributed by atoms with van der Waals surface area (Å²) in [4.78, 5) is 0. The van der Waals surface area contributed by atoms with Crippen molar-refractivity contribution in [2.75, 3.05) is 13.2 Å². The normalized spacial score (nSPS) is 19.2. The predicted molar refractivity (Wildman–Crippen MR) is 71.5 cm³/mol. The van der Waals surface area contributed by atoms with Gasteiger partial charge in [-0.2, -0.15) is 0 Å². The molecule has 1 aliphatic rings. The molecule has 1 atom stereocenters. The molecule has 1 unspecified atom stereocenters. The SMILES string of the molecule is CCOc1cccc2c1CCNC2CC(C)C. The molecular weight excluding hydrogens is 210 g/mol. The maximum Gasteiger partial charge on any atom is 0.122 e. The molecule has 1 heterocycles. The highest BCUT2D eigenvalue weighted by Crippen LogP contribution is 2.33. The zero-order valence-electron chi connectivity index (χ0n) is 11.1. The van der Waals surface area contributed by atoms with E-state index in [1.807, 2.05) is 6.92 Å². The molecule has 2 nitrogen and oxygen atoms in total. The summed E-state index contributed by atoms with van der Waals surface area (Å²) in [5, 5.41) is 3.62.